The van der Waals surface area contributed by atoms with E-state index in [0.29, 0.717) is 0 Å². The van der Waals surface area contributed by atoms with Crippen molar-refractivity contribution in [3.05, 3.63) is 48.5 Å². The molecular weight excluding hydrogens is 224 g/mol. The lowest BCUT2D eigenvalue weighted by Gasteiger charge is -2.14. The van der Waals surface area contributed by atoms with Crippen LogP contribution in [-0.4, -0.2) is 21.1 Å². The van der Waals surface area contributed by atoms with E-state index in [2.05, 4.69) is 16.3 Å². The van der Waals surface area contributed by atoms with Gasteiger partial charge in [-0.25, -0.2) is 0 Å². The van der Waals surface area contributed by atoms with Gasteiger partial charge >= 0.3 is 0 Å². The van der Waals surface area contributed by atoms with Crippen LogP contribution in [0.15, 0.2) is 48.5 Å². The minimum atomic E-state index is 0.831. The zero-order valence-electron chi connectivity index (χ0n) is 11.0. The fraction of sp³-hybridized carbons (Fsp3) is 0.200. The summed E-state index contributed by atoms with van der Waals surface area (Å²) in [6.07, 6.45) is 0. The molecule has 0 aliphatic carbocycles. The van der Waals surface area contributed by atoms with Crippen molar-refractivity contribution in [1.29, 1.82) is 0 Å². The van der Waals surface area contributed by atoms with Crippen LogP contribution >= 0.6 is 0 Å². The van der Waals surface area contributed by atoms with Crippen LogP contribution < -0.4 is 15.0 Å². The first kappa shape index (κ1) is 12.3. The molecule has 0 heterocycles. The normalized spacial score (nSPS) is 9.94. The van der Waals surface area contributed by atoms with Crippen molar-refractivity contribution in [3.8, 4) is 11.5 Å². The van der Waals surface area contributed by atoms with E-state index >= 15 is 0 Å². The van der Waals surface area contributed by atoms with Crippen molar-refractivity contribution >= 4 is 11.4 Å². The molecule has 0 fully saturated rings. The molecule has 0 atom stereocenters. The average Bonchev–Trinajstić information content (AvgIpc) is 2.39. The first-order chi connectivity index (χ1) is 8.69. The van der Waals surface area contributed by atoms with Crippen LogP contribution in [0.25, 0.3) is 0 Å². The largest absolute Gasteiger partial charge is 0.457 e. The minimum Gasteiger partial charge on any atom is -0.457 e. The summed E-state index contributed by atoms with van der Waals surface area (Å²) in [4.78, 5) is 2.05. The SMILES string of the molecule is CNc1cccc(Oc2cccc(N(C)C)c2)c1. The van der Waals surface area contributed by atoms with Gasteiger partial charge in [0.25, 0.3) is 0 Å². The first-order valence-electron chi connectivity index (χ1n) is 5.92. The monoisotopic (exact) mass is 242 g/mol. The minimum absolute atomic E-state index is 0.831. The lowest BCUT2D eigenvalue weighted by Crippen LogP contribution is -2.08. The number of nitrogens with one attached hydrogen (secondary N) is 1. The maximum Gasteiger partial charge on any atom is 0.129 e. The van der Waals surface area contributed by atoms with Crippen LogP contribution in [0.1, 0.15) is 0 Å². The zero-order valence-corrected chi connectivity index (χ0v) is 11.0. The van der Waals surface area contributed by atoms with E-state index in [-0.39, 0.29) is 0 Å². The highest BCUT2D eigenvalue weighted by Gasteiger charge is 2.01. The number of hydrogen-bond donors (Lipinski definition) is 1. The zero-order chi connectivity index (χ0) is 13.0. The molecule has 2 rings (SSSR count). The van der Waals surface area contributed by atoms with Crippen LogP contribution in [0.3, 0.4) is 0 Å². The van der Waals surface area contributed by atoms with Gasteiger partial charge in [-0.15, -0.1) is 0 Å². The Morgan fingerprint density at radius 3 is 2.28 bits per heavy atom. The Morgan fingerprint density at radius 2 is 1.61 bits per heavy atom. The molecule has 0 aliphatic heterocycles. The van der Waals surface area contributed by atoms with Gasteiger partial charge in [0.2, 0.25) is 0 Å². The summed E-state index contributed by atoms with van der Waals surface area (Å²) in [5, 5.41) is 3.09. The molecule has 1 N–H and O–H groups in total. The molecule has 2 aromatic rings. The Hall–Kier alpha value is -2.16. The third kappa shape index (κ3) is 2.94. The molecule has 0 unspecified atom stereocenters. The molecule has 94 valence electrons. The molecule has 0 spiro atoms. The van der Waals surface area contributed by atoms with Crippen molar-refractivity contribution in [3.63, 3.8) is 0 Å². The van der Waals surface area contributed by atoms with Gasteiger partial charge in [-0.05, 0) is 24.3 Å². The number of anilines is 2. The van der Waals surface area contributed by atoms with Gasteiger partial charge in [-0.1, -0.05) is 12.1 Å². The van der Waals surface area contributed by atoms with Gasteiger partial charge in [0.1, 0.15) is 11.5 Å². The molecule has 3 nitrogen and oxygen atoms in total. The summed E-state index contributed by atoms with van der Waals surface area (Å²) in [6, 6.07) is 15.9. The van der Waals surface area contributed by atoms with Crippen LogP contribution in [0.4, 0.5) is 11.4 Å². The van der Waals surface area contributed by atoms with Gasteiger partial charge in [0.05, 0.1) is 0 Å². The van der Waals surface area contributed by atoms with Crippen molar-refractivity contribution in [2.75, 3.05) is 31.4 Å². The highest BCUT2D eigenvalue weighted by Crippen LogP contribution is 2.26. The number of nitrogens with zero attached hydrogens (tertiary/aromatic N) is 1. The van der Waals surface area contributed by atoms with Crippen molar-refractivity contribution < 1.29 is 4.74 Å². The average molecular weight is 242 g/mol. The summed E-state index contributed by atoms with van der Waals surface area (Å²) in [5.41, 5.74) is 2.16. The number of hydrogen-bond acceptors (Lipinski definition) is 3. The standard InChI is InChI=1S/C15H18N2O/c1-16-12-6-4-8-14(10-12)18-15-9-5-7-13(11-15)17(2)3/h4-11,16H,1-3H3. The predicted molar refractivity (Wildman–Crippen MR) is 76.8 cm³/mol. The lowest BCUT2D eigenvalue weighted by molar-refractivity contribution is 0.483. The van der Waals surface area contributed by atoms with E-state index in [1.807, 2.05) is 63.6 Å². The Bertz CT molecular complexity index is 523. The summed E-state index contributed by atoms with van der Waals surface area (Å²) in [7, 11) is 5.92. The second-order valence-corrected chi connectivity index (χ2v) is 4.27. The third-order valence-electron chi connectivity index (χ3n) is 2.69. The Kier molecular flexibility index (Phi) is 3.72. The van der Waals surface area contributed by atoms with Crippen molar-refractivity contribution in [2.24, 2.45) is 0 Å². The van der Waals surface area contributed by atoms with Crippen molar-refractivity contribution in [2.45, 2.75) is 0 Å². The molecule has 18 heavy (non-hydrogen) atoms. The molecule has 2 aromatic carbocycles. The van der Waals surface area contributed by atoms with Crippen molar-refractivity contribution in [1.82, 2.24) is 0 Å². The Labute approximate surface area is 108 Å². The van der Waals surface area contributed by atoms with Crippen LogP contribution in [0, 0.1) is 0 Å². The van der Waals surface area contributed by atoms with Crippen LogP contribution in [-0.2, 0) is 0 Å². The fourth-order valence-electron chi connectivity index (χ4n) is 1.68. The summed E-state index contributed by atoms with van der Waals surface area (Å²) < 4.78 is 5.84. The van der Waals surface area contributed by atoms with E-state index in [9.17, 15) is 0 Å². The van der Waals surface area contributed by atoms with E-state index in [0.717, 1.165) is 22.9 Å². The summed E-state index contributed by atoms with van der Waals surface area (Å²) >= 11 is 0. The van der Waals surface area contributed by atoms with E-state index in [1.54, 1.807) is 0 Å². The quantitative estimate of drug-likeness (QED) is 0.886. The Balaban J connectivity index is 2.20. The number of rotatable bonds is 4. The van der Waals surface area contributed by atoms with Crippen LogP contribution in [0.5, 0.6) is 11.5 Å². The molecule has 0 radical (unpaired) electrons. The summed E-state index contributed by atoms with van der Waals surface area (Å²) in [6.45, 7) is 0. The number of benzene rings is 2. The topological polar surface area (TPSA) is 24.5 Å². The van der Waals surface area contributed by atoms with Crippen LogP contribution in [0.2, 0.25) is 0 Å². The second kappa shape index (κ2) is 5.45. The maximum absolute atomic E-state index is 5.84. The maximum atomic E-state index is 5.84. The first-order valence-corrected chi connectivity index (χ1v) is 5.92. The smallest absolute Gasteiger partial charge is 0.129 e. The lowest BCUT2D eigenvalue weighted by atomic mass is 10.2. The van der Waals surface area contributed by atoms with Gasteiger partial charge < -0.3 is 15.0 Å². The third-order valence-corrected chi connectivity index (χ3v) is 2.69. The molecule has 3 heteroatoms. The van der Waals surface area contributed by atoms with Gasteiger partial charge in [-0.3, -0.25) is 0 Å². The molecule has 0 aromatic heterocycles. The molecular formula is C15H18N2O. The van der Waals surface area contributed by atoms with Gasteiger partial charge in [0, 0.05) is 44.7 Å². The molecule has 0 amide bonds. The highest BCUT2D eigenvalue weighted by molar-refractivity contribution is 5.52. The van der Waals surface area contributed by atoms with Gasteiger partial charge in [0.15, 0.2) is 0 Å². The summed E-state index contributed by atoms with van der Waals surface area (Å²) in [5.74, 6) is 1.67. The fourth-order valence-corrected chi connectivity index (χ4v) is 1.68. The van der Waals surface area contributed by atoms with E-state index in [1.165, 1.54) is 0 Å². The molecule has 0 saturated heterocycles. The Morgan fingerprint density at radius 1 is 0.944 bits per heavy atom. The van der Waals surface area contributed by atoms with E-state index in [4.69, 9.17) is 4.74 Å². The predicted octanol–water partition coefficient (Wildman–Crippen LogP) is 3.59. The van der Waals surface area contributed by atoms with Gasteiger partial charge in [-0.2, -0.15) is 0 Å². The molecule has 0 aliphatic rings. The van der Waals surface area contributed by atoms with E-state index < -0.39 is 0 Å². The number of ether oxygens (including phenoxy) is 1. The molecule has 0 saturated carbocycles. The highest BCUT2D eigenvalue weighted by atomic mass is 16.5. The molecule has 0 bridgehead atoms. The second-order valence-electron chi connectivity index (χ2n) is 4.27.